The fourth-order valence-corrected chi connectivity index (χ4v) is 5.37. The highest BCUT2D eigenvalue weighted by molar-refractivity contribution is 9.10. The van der Waals surface area contributed by atoms with Gasteiger partial charge in [0.2, 0.25) is 10.0 Å². The van der Waals surface area contributed by atoms with E-state index < -0.39 is 10.0 Å². The van der Waals surface area contributed by atoms with E-state index in [1.807, 2.05) is 13.0 Å². The molecule has 3 nitrogen and oxygen atoms in total. The van der Waals surface area contributed by atoms with Gasteiger partial charge >= 0.3 is 0 Å². The number of rotatable bonds is 3. The molecule has 118 valence electrons. The largest absolute Gasteiger partial charge is 0.244 e. The number of hydrogen-bond donors (Lipinski definition) is 0. The number of halogens is 2. The van der Waals surface area contributed by atoms with Gasteiger partial charge in [0.1, 0.15) is 0 Å². The van der Waals surface area contributed by atoms with Crippen molar-refractivity contribution in [3.63, 3.8) is 0 Å². The quantitative estimate of drug-likeness (QED) is 0.716. The van der Waals surface area contributed by atoms with E-state index in [4.69, 9.17) is 11.6 Å². The Morgan fingerprint density at radius 3 is 2.71 bits per heavy atom. The molecule has 1 saturated heterocycles. The predicted octanol–water partition coefficient (Wildman–Crippen LogP) is 4.31. The molecular formula is C15H21BrClNO2S. The summed E-state index contributed by atoms with van der Waals surface area (Å²) in [6, 6.07) is 3.61. The van der Waals surface area contributed by atoms with Gasteiger partial charge in [-0.2, -0.15) is 4.31 Å². The van der Waals surface area contributed by atoms with Gasteiger partial charge in [0.15, 0.2) is 0 Å². The minimum atomic E-state index is -3.47. The Morgan fingerprint density at radius 2 is 2.05 bits per heavy atom. The Morgan fingerprint density at radius 1 is 1.33 bits per heavy atom. The van der Waals surface area contributed by atoms with Crippen LogP contribution < -0.4 is 0 Å². The molecule has 1 unspecified atom stereocenters. The Hall–Kier alpha value is -0.100. The molecule has 0 N–H and O–H groups in total. The molecule has 2 rings (SSSR count). The van der Waals surface area contributed by atoms with E-state index in [9.17, 15) is 8.42 Å². The summed E-state index contributed by atoms with van der Waals surface area (Å²) in [5.41, 5.74) is 1.73. The van der Waals surface area contributed by atoms with Crippen molar-refractivity contribution in [1.82, 2.24) is 4.31 Å². The minimum Gasteiger partial charge on any atom is -0.207 e. The zero-order chi connectivity index (χ0) is 15.6. The highest BCUT2D eigenvalue weighted by atomic mass is 79.9. The lowest BCUT2D eigenvalue weighted by Crippen LogP contribution is -2.32. The van der Waals surface area contributed by atoms with E-state index in [0.717, 1.165) is 30.4 Å². The van der Waals surface area contributed by atoms with Crippen molar-refractivity contribution >= 4 is 37.6 Å². The van der Waals surface area contributed by atoms with E-state index in [0.29, 0.717) is 34.3 Å². The fraction of sp³-hybridized carbons (Fsp3) is 0.600. The summed E-state index contributed by atoms with van der Waals surface area (Å²) >= 11 is 9.31. The predicted molar refractivity (Wildman–Crippen MR) is 90.2 cm³/mol. The van der Waals surface area contributed by atoms with Crippen LogP contribution in [-0.2, 0) is 15.9 Å². The first-order valence-electron chi connectivity index (χ1n) is 7.21. The highest BCUT2D eigenvalue weighted by Crippen LogP contribution is 2.31. The van der Waals surface area contributed by atoms with E-state index in [-0.39, 0.29) is 0 Å². The van der Waals surface area contributed by atoms with Gasteiger partial charge in [-0.05, 0) is 65.2 Å². The van der Waals surface area contributed by atoms with Gasteiger partial charge < -0.3 is 0 Å². The molecule has 0 saturated carbocycles. The van der Waals surface area contributed by atoms with Crippen molar-refractivity contribution in [3.05, 3.63) is 27.7 Å². The second kappa shape index (κ2) is 6.99. The molecule has 21 heavy (non-hydrogen) atoms. The smallest absolute Gasteiger partial charge is 0.207 e. The number of hydrogen-bond acceptors (Lipinski definition) is 2. The summed E-state index contributed by atoms with van der Waals surface area (Å²) in [6.07, 6.45) is 2.94. The van der Waals surface area contributed by atoms with Crippen molar-refractivity contribution in [2.75, 3.05) is 13.1 Å². The first-order valence-corrected chi connectivity index (χ1v) is 9.98. The van der Waals surface area contributed by atoms with E-state index in [1.165, 1.54) is 0 Å². The second-order valence-electron chi connectivity index (χ2n) is 5.80. The minimum absolute atomic E-state index is 0.313. The summed E-state index contributed by atoms with van der Waals surface area (Å²) in [4.78, 5) is 0.340. The monoisotopic (exact) mass is 393 g/mol. The average molecular weight is 395 g/mol. The topological polar surface area (TPSA) is 37.4 Å². The van der Waals surface area contributed by atoms with Gasteiger partial charge in [-0.3, -0.25) is 0 Å². The van der Waals surface area contributed by atoms with Crippen LogP contribution in [0.1, 0.15) is 37.3 Å². The third kappa shape index (κ3) is 3.81. The molecular weight excluding hydrogens is 374 g/mol. The van der Waals surface area contributed by atoms with Crippen LogP contribution in [0, 0.1) is 12.8 Å². The molecule has 1 fully saturated rings. The van der Waals surface area contributed by atoms with Crippen LogP contribution in [0.15, 0.2) is 21.5 Å². The Balaban J connectivity index is 2.41. The van der Waals surface area contributed by atoms with Gasteiger partial charge in [-0.1, -0.05) is 13.0 Å². The summed E-state index contributed by atoms with van der Waals surface area (Å²) in [5, 5.41) is 0. The van der Waals surface area contributed by atoms with Crippen molar-refractivity contribution in [2.45, 2.75) is 43.9 Å². The lowest BCUT2D eigenvalue weighted by atomic mass is 10.0. The van der Waals surface area contributed by atoms with Crippen LogP contribution in [0.25, 0.3) is 0 Å². The highest BCUT2D eigenvalue weighted by Gasteiger charge is 2.29. The van der Waals surface area contributed by atoms with Gasteiger partial charge in [0.25, 0.3) is 0 Å². The Bertz CT molecular complexity index is 618. The summed E-state index contributed by atoms with van der Waals surface area (Å²) in [5.74, 6) is 0.901. The lowest BCUT2D eigenvalue weighted by Gasteiger charge is -2.22. The van der Waals surface area contributed by atoms with E-state index in [2.05, 4.69) is 22.9 Å². The molecule has 1 atom stereocenters. The first-order chi connectivity index (χ1) is 9.86. The molecule has 0 aliphatic carbocycles. The molecule has 1 aromatic rings. The first kappa shape index (κ1) is 17.3. The van der Waals surface area contributed by atoms with Gasteiger partial charge in [0.05, 0.1) is 4.90 Å². The number of nitrogens with zero attached hydrogens (tertiary/aromatic N) is 1. The normalized spacial score (nSPS) is 21.2. The summed E-state index contributed by atoms with van der Waals surface area (Å²) in [7, 11) is -3.47. The number of sulfonamides is 1. The maximum atomic E-state index is 12.9. The van der Waals surface area contributed by atoms with Crippen LogP contribution in [0.3, 0.4) is 0 Å². The lowest BCUT2D eigenvalue weighted by molar-refractivity contribution is 0.416. The Kier molecular flexibility index (Phi) is 5.74. The number of alkyl halides is 1. The SMILES string of the molecule is Cc1cc(CCl)cc(S(=O)(=O)N2CCCC(C)CC2)c1Br. The molecule has 1 aliphatic heterocycles. The van der Waals surface area contributed by atoms with Crippen molar-refractivity contribution in [3.8, 4) is 0 Å². The molecule has 1 aliphatic rings. The molecule has 0 amide bonds. The zero-order valence-electron chi connectivity index (χ0n) is 12.4. The van der Waals surface area contributed by atoms with Crippen LogP contribution >= 0.6 is 27.5 Å². The molecule has 1 heterocycles. The van der Waals surface area contributed by atoms with Crippen LogP contribution in [-0.4, -0.2) is 25.8 Å². The van der Waals surface area contributed by atoms with Crippen molar-refractivity contribution in [1.29, 1.82) is 0 Å². The third-order valence-electron chi connectivity index (χ3n) is 4.03. The Labute approximate surface area is 140 Å². The van der Waals surface area contributed by atoms with Crippen LogP contribution in [0.4, 0.5) is 0 Å². The molecule has 0 radical (unpaired) electrons. The van der Waals surface area contributed by atoms with E-state index >= 15 is 0 Å². The summed E-state index contributed by atoms with van der Waals surface area (Å²) in [6.45, 7) is 5.28. The van der Waals surface area contributed by atoms with Gasteiger partial charge in [-0.15, -0.1) is 11.6 Å². The second-order valence-corrected chi connectivity index (χ2v) is 8.77. The zero-order valence-corrected chi connectivity index (χ0v) is 15.6. The van der Waals surface area contributed by atoms with Crippen LogP contribution in [0.5, 0.6) is 0 Å². The average Bonchev–Trinajstić information content (AvgIpc) is 2.66. The fourth-order valence-electron chi connectivity index (χ4n) is 2.69. The number of aryl methyl sites for hydroxylation is 1. The van der Waals surface area contributed by atoms with Crippen molar-refractivity contribution in [2.24, 2.45) is 5.92 Å². The molecule has 0 spiro atoms. The maximum Gasteiger partial charge on any atom is 0.244 e. The van der Waals surface area contributed by atoms with E-state index in [1.54, 1.807) is 10.4 Å². The molecule has 6 heteroatoms. The molecule has 0 bridgehead atoms. The molecule has 0 aromatic heterocycles. The third-order valence-corrected chi connectivity index (χ3v) is 7.58. The van der Waals surface area contributed by atoms with Crippen molar-refractivity contribution < 1.29 is 8.42 Å². The van der Waals surface area contributed by atoms with Gasteiger partial charge in [0, 0.05) is 23.4 Å². The maximum absolute atomic E-state index is 12.9. The number of benzene rings is 1. The van der Waals surface area contributed by atoms with Gasteiger partial charge in [-0.25, -0.2) is 8.42 Å². The van der Waals surface area contributed by atoms with Crippen LogP contribution in [0.2, 0.25) is 0 Å². The molecule has 1 aromatic carbocycles. The summed E-state index contributed by atoms with van der Waals surface area (Å²) < 4.78 is 28.1. The standard InChI is InChI=1S/C15H21BrClNO2S/c1-11-4-3-6-18(7-5-11)21(19,20)14-9-13(10-17)8-12(2)15(14)16/h8-9,11H,3-7,10H2,1-2H3.